The van der Waals surface area contributed by atoms with Crippen LogP contribution in [0.4, 0.5) is 5.82 Å². The van der Waals surface area contributed by atoms with Crippen molar-refractivity contribution in [2.75, 3.05) is 5.43 Å². The van der Waals surface area contributed by atoms with Crippen LogP contribution in [-0.4, -0.2) is 26.0 Å². The van der Waals surface area contributed by atoms with Crippen LogP contribution in [0.3, 0.4) is 0 Å². The lowest BCUT2D eigenvalue weighted by atomic mass is 10.2. The van der Waals surface area contributed by atoms with E-state index in [4.69, 9.17) is 4.74 Å². The number of nitrogens with one attached hydrogen (secondary N) is 1. The number of fused-ring (bicyclic) bond motifs is 1. The van der Waals surface area contributed by atoms with Crippen LogP contribution in [-0.2, 0) is 6.61 Å². The van der Waals surface area contributed by atoms with Crippen molar-refractivity contribution in [3.05, 3.63) is 84.2 Å². The van der Waals surface area contributed by atoms with Crippen LogP contribution in [0.2, 0.25) is 0 Å². The number of hydrogen-bond donors (Lipinski definition) is 1. The average molecular weight is 344 g/mol. The van der Waals surface area contributed by atoms with E-state index in [0.29, 0.717) is 18.1 Å². The maximum Gasteiger partial charge on any atom is 0.177 e. The quantitative estimate of drug-likeness (QED) is 0.429. The highest BCUT2D eigenvalue weighted by Gasteiger charge is 2.02. The van der Waals surface area contributed by atoms with E-state index in [-0.39, 0.29) is 0 Å². The van der Waals surface area contributed by atoms with Crippen molar-refractivity contribution in [1.82, 2.24) is 19.8 Å². The van der Waals surface area contributed by atoms with Gasteiger partial charge >= 0.3 is 0 Å². The second kappa shape index (κ2) is 7.43. The highest BCUT2D eigenvalue weighted by atomic mass is 16.5. The van der Waals surface area contributed by atoms with Gasteiger partial charge < -0.3 is 4.74 Å². The molecule has 0 spiro atoms. The SMILES string of the molecule is C(=N\Nc1ccc2nncn2n1)/c1ccccc1OCc1ccccc1. The molecular formula is C19H16N6O. The van der Waals surface area contributed by atoms with Crippen LogP contribution in [0, 0.1) is 0 Å². The molecular weight excluding hydrogens is 328 g/mol. The van der Waals surface area contributed by atoms with Gasteiger partial charge in [-0.05, 0) is 29.8 Å². The van der Waals surface area contributed by atoms with Gasteiger partial charge in [0.15, 0.2) is 11.5 Å². The smallest absolute Gasteiger partial charge is 0.177 e. The molecule has 0 atom stereocenters. The Balaban J connectivity index is 1.44. The predicted octanol–water partition coefficient (Wildman–Crippen LogP) is 3.15. The van der Waals surface area contributed by atoms with Crippen molar-refractivity contribution in [2.45, 2.75) is 6.61 Å². The highest BCUT2D eigenvalue weighted by molar-refractivity contribution is 5.83. The summed E-state index contributed by atoms with van der Waals surface area (Å²) in [5.41, 5.74) is 5.57. The van der Waals surface area contributed by atoms with Crippen LogP contribution in [0.1, 0.15) is 11.1 Å². The van der Waals surface area contributed by atoms with Gasteiger partial charge in [-0.3, -0.25) is 5.43 Å². The predicted molar refractivity (Wildman–Crippen MR) is 99.2 cm³/mol. The Morgan fingerprint density at radius 3 is 2.77 bits per heavy atom. The van der Waals surface area contributed by atoms with E-state index in [2.05, 4.69) is 25.8 Å². The van der Waals surface area contributed by atoms with Crippen LogP contribution in [0.15, 0.2) is 78.2 Å². The summed E-state index contributed by atoms with van der Waals surface area (Å²) in [5.74, 6) is 1.36. The molecule has 128 valence electrons. The summed E-state index contributed by atoms with van der Waals surface area (Å²) in [6.07, 6.45) is 3.25. The summed E-state index contributed by atoms with van der Waals surface area (Å²) in [5, 5.41) is 16.3. The van der Waals surface area contributed by atoms with Gasteiger partial charge in [0.25, 0.3) is 0 Å². The van der Waals surface area contributed by atoms with Crippen LogP contribution in [0.25, 0.3) is 5.65 Å². The maximum atomic E-state index is 5.92. The zero-order valence-corrected chi connectivity index (χ0v) is 13.9. The lowest BCUT2D eigenvalue weighted by Gasteiger charge is -2.09. The Morgan fingerprint density at radius 1 is 1.00 bits per heavy atom. The van der Waals surface area contributed by atoms with Crippen molar-refractivity contribution in [1.29, 1.82) is 0 Å². The standard InChI is InChI=1S/C19H16N6O/c1-2-6-15(7-3-1)13-26-17-9-5-4-8-16(17)12-20-22-18-10-11-19-23-21-14-25(19)24-18/h1-12,14H,13H2,(H,22,24)/b20-12+. The monoisotopic (exact) mass is 344 g/mol. The van der Waals surface area contributed by atoms with E-state index in [9.17, 15) is 0 Å². The third kappa shape index (κ3) is 3.67. The molecule has 4 rings (SSSR count). The molecule has 0 aliphatic rings. The minimum atomic E-state index is 0.505. The molecule has 0 aliphatic carbocycles. The zero-order chi connectivity index (χ0) is 17.6. The van der Waals surface area contributed by atoms with Gasteiger partial charge in [0.1, 0.15) is 18.7 Å². The molecule has 0 bridgehead atoms. The first-order chi connectivity index (χ1) is 12.9. The average Bonchev–Trinajstić information content (AvgIpc) is 3.16. The van der Waals surface area contributed by atoms with E-state index in [1.54, 1.807) is 16.8 Å². The molecule has 2 heterocycles. The minimum absolute atomic E-state index is 0.505. The fraction of sp³-hybridized carbons (Fsp3) is 0.0526. The minimum Gasteiger partial charge on any atom is -0.488 e. The number of para-hydroxylation sites is 1. The second-order valence-corrected chi connectivity index (χ2v) is 5.53. The molecule has 4 aromatic rings. The summed E-state index contributed by atoms with van der Waals surface area (Å²) in [4.78, 5) is 0. The van der Waals surface area contributed by atoms with Crippen molar-refractivity contribution in [3.8, 4) is 5.75 Å². The van der Waals surface area contributed by atoms with Crippen LogP contribution < -0.4 is 10.2 Å². The third-order valence-electron chi connectivity index (χ3n) is 3.70. The van der Waals surface area contributed by atoms with Gasteiger partial charge in [-0.1, -0.05) is 42.5 Å². The van der Waals surface area contributed by atoms with E-state index < -0.39 is 0 Å². The first-order valence-corrected chi connectivity index (χ1v) is 8.10. The number of hydrazone groups is 1. The Morgan fingerprint density at radius 2 is 1.85 bits per heavy atom. The fourth-order valence-electron chi connectivity index (χ4n) is 2.41. The molecule has 0 radical (unpaired) electrons. The van der Waals surface area contributed by atoms with Gasteiger partial charge in [-0.15, -0.1) is 15.3 Å². The number of rotatable bonds is 6. The topological polar surface area (TPSA) is 76.7 Å². The number of benzene rings is 2. The first kappa shape index (κ1) is 15.8. The van der Waals surface area contributed by atoms with Crippen LogP contribution >= 0.6 is 0 Å². The van der Waals surface area contributed by atoms with E-state index in [1.807, 2.05) is 60.7 Å². The number of nitrogens with zero attached hydrogens (tertiary/aromatic N) is 5. The Kier molecular flexibility index (Phi) is 4.51. The molecule has 7 nitrogen and oxygen atoms in total. The molecule has 0 fully saturated rings. The molecule has 0 unspecified atom stereocenters. The first-order valence-electron chi connectivity index (χ1n) is 8.10. The van der Waals surface area contributed by atoms with Crippen molar-refractivity contribution >= 4 is 17.7 Å². The molecule has 0 amide bonds. The van der Waals surface area contributed by atoms with E-state index in [0.717, 1.165) is 16.9 Å². The molecule has 26 heavy (non-hydrogen) atoms. The number of ether oxygens (including phenoxy) is 1. The molecule has 1 N–H and O–H groups in total. The maximum absolute atomic E-state index is 5.92. The Bertz CT molecular complexity index is 1030. The highest BCUT2D eigenvalue weighted by Crippen LogP contribution is 2.17. The zero-order valence-electron chi connectivity index (χ0n) is 13.9. The molecule has 2 aromatic heterocycles. The Hall–Kier alpha value is -3.74. The summed E-state index contributed by atoms with van der Waals surface area (Å²) >= 11 is 0. The van der Waals surface area contributed by atoms with Crippen molar-refractivity contribution in [2.24, 2.45) is 5.10 Å². The molecule has 0 aliphatic heterocycles. The Labute approximate surface area is 150 Å². The number of hydrogen-bond acceptors (Lipinski definition) is 6. The largest absolute Gasteiger partial charge is 0.488 e. The van der Waals surface area contributed by atoms with Gasteiger partial charge in [0, 0.05) is 5.56 Å². The summed E-state index contributed by atoms with van der Waals surface area (Å²) in [6, 6.07) is 21.4. The van der Waals surface area contributed by atoms with Gasteiger partial charge in [-0.2, -0.15) is 9.62 Å². The molecule has 0 saturated heterocycles. The second-order valence-electron chi connectivity index (χ2n) is 5.53. The van der Waals surface area contributed by atoms with E-state index >= 15 is 0 Å². The van der Waals surface area contributed by atoms with Gasteiger partial charge in [0.05, 0.1) is 6.21 Å². The fourth-order valence-corrected chi connectivity index (χ4v) is 2.41. The molecule has 2 aromatic carbocycles. The lowest BCUT2D eigenvalue weighted by Crippen LogP contribution is -2.00. The number of anilines is 1. The van der Waals surface area contributed by atoms with Gasteiger partial charge in [-0.25, -0.2) is 0 Å². The number of aromatic nitrogens is 4. The van der Waals surface area contributed by atoms with Crippen molar-refractivity contribution in [3.63, 3.8) is 0 Å². The lowest BCUT2D eigenvalue weighted by molar-refractivity contribution is 0.306. The molecule has 7 heteroatoms. The molecule has 0 saturated carbocycles. The van der Waals surface area contributed by atoms with E-state index in [1.165, 1.54) is 6.33 Å². The van der Waals surface area contributed by atoms with Gasteiger partial charge in [0.2, 0.25) is 0 Å². The third-order valence-corrected chi connectivity index (χ3v) is 3.70. The summed E-state index contributed by atoms with van der Waals surface area (Å²) in [7, 11) is 0. The summed E-state index contributed by atoms with van der Waals surface area (Å²) in [6.45, 7) is 0.505. The normalized spacial score (nSPS) is 11.1. The van der Waals surface area contributed by atoms with Crippen molar-refractivity contribution < 1.29 is 4.74 Å². The van der Waals surface area contributed by atoms with Crippen LogP contribution in [0.5, 0.6) is 5.75 Å². The summed E-state index contributed by atoms with van der Waals surface area (Å²) < 4.78 is 7.50.